The number of guanidine groups is 1. The molecule has 3 aromatic rings. The van der Waals surface area contributed by atoms with Crippen LogP contribution in [0.25, 0.3) is 4.95 Å². The highest BCUT2D eigenvalue weighted by molar-refractivity contribution is 6.30. The van der Waals surface area contributed by atoms with E-state index in [0.717, 1.165) is 12.1 Å². The van der Waals surface area contributed by atoms with Crippen LogP contribution in [0.3, 0.4) is 0 Å². The van der Waals surface area contributed by atoms with E-state index in [0.29, 0.717) is 53.2 Å². The summed E-state index contributed by atoms with van der Waals surface area (Å²) in [6.45, 7) is 7.94. The first-order valence-electron chi connectivity index (χ1n) is 11.1. The summed E-state index contributed by atoms with van der Waals surface area (Å²) in [7, 11) is 0. The number of hydrogen-bond acceptors (Lipinski definition) is 3. The summed E-state index contributed by atoms with van der Waals surface area (Å²) in [6, 6.07) is 18.5. The number of benzene rings is 3. The number of nitrogens with zero attached hydrogens (tertiary/aromatic N) is 4. The minimum absolute atomic E-state index is 0.0627. The second-order valence-electron chi connectivity index (χ2n) is 8.08. The zero-order valence-electron chi connectivity index (χ0n) is 19.0. The SMILES string of the molecule is [C-]#[N+]/N=C1/N(CCCO)C[C@H](c2cccc(C(F)(F)F)c2)N1c1ccc(Oc2ccc(Cl)cc2)cc1. The third kappa shape index (κ3) is 5.73. The van der Waals surface area contributed by atoms with Gasteiger partial charge in [0.05, 0.1) is 11.6 Å². The first kappa shape index (κ1) is 25.4. The van der Waals surface area contributed by atoms with Crippen molar-refractivity contribution in [2.45, 2.75) is 18.6 Å². The summed E-state index contributed by atoms with van der Waals surface area (Å²) in [6.07, 6.45) is -4.06. The molecule has 1 aliphatic rings. The summed E-state index contributed by atoms with van der Waals surface area (Å²) in [5.41, 5.74) is 0.328. The number of anilines is 1. The maximum Gasteiger partial charge on any atom is 0.416 e. The van der Waals surface area contributed by atoms with Crippen molar-refractivity contribution in [1.29, 1.82) is 0 Å². The van der Waals surface area contributed by atoms with Gasteiger partial charge in [0.25, 0.3) is 5.96 Å². The van der Waals surface area contributed by atoms with E-state index in [-0.39, 0.29) is 6.61 Å². The van der Waals surface area contributed by atoms with Crippen LogP contribution in [0.2, 0.25) is 5.02 Å². The van der Waals surface area contributed by atoms with Crippen molar-refractivity contribution in [3.63, 3.8) is 0 Å². The number of hydrogen-bond donors (Lipinski definition) is 1. The average molecular weight is 515 g/mol. The standard InChI is InChI=1S/C26H22ClF3N4O2/c1-31-32-25-33(14-3-15-35)17-24(18-4-2-5-19(16-18)26(28,29)30)34(25)21-8-12-23(13-9-21)36-22-10-6-20(27)7-11-22/h2,4-13,16,24,35H,3,14-15,17H2/b32-25-/t24-/m1/s1. The normalized spacial score (nSPS) is 16.9. The van der Waals surface area contributed by atoms with Gasteiger partial charge in [-0.1, -0.05) is 23.7 Å². The van der Waals surface area contributed by atoms with Crippen LogP contribution >= 0.6 is 11.6 Å². The van der Waals surface area contributed by atoms with Gasteiger partial charge >= 0.3 is 6.18 Å². The smallest absolute Gasteiger partial charge is 0.416 e. The van der Waals surface area contributed by atoms with Crippen LogP contribution in [0.5, 0.6) is 11.5 Å². The fourth-order valence-electron chi connectivity index (χ4n) is 4.06. The molecule has 10 heteroatoms. The largest absolute Gasteiger partial charge is 0.457 e. The van der Waals surface area contributed by atoms with Crippen LogP contribution in [0.1, 0.15) is 23.6 Å². The molecule has 0 amide bonds. The lowest BCUT2D eigenvalue weighted by molar-refractivity contribution is -0.137. The van der Waals surface area contributed by atoms with E-state index in [1.807, 2.05) is 0 Å². The lowest BCUT2D eigenvalue weighted by Gasteiger charge is -2.25. The quantitative estimate of drug-likeness (QED) is 0.285. The Bertz CT molecular complexity index is 1260. The van der Waals surface area contributed by atoms with E-state index in [4.69, 9.17) is 22.9 Å². The van der Waals surface area contributed by atoms with Gasteiger partial charge in [-0.25, -0.2) is 0 Å². The van der Waals surface area contributed by atoms with Gasteiger partial charge in [-0.2, -0.15) is 19.7 Å². The lowest BCUT2D eigenvalue weighted by atomic mass is 10.0. The van der Waals surface area contributed by atoms with E-state index < -0.39 is 17.8 Å². The van der Waals surface area contributed by atoms with Gasteiger partial charge in [0.15, 0.2) is 0 Å². The Hall–Kier alpha value is -3.74. The molecule has 4 rings (SSSR count). The van der Waals surface area contributed by atoms with Crippen molar-refractivity contribution in [2.24, 2.45) is 5.10 Å². The molecule has 0 aromatic heterocycles. The van der Waals surface area contributed by atoms with Gasteiger partial charge in [-0.3, -0.25) is 4.90 Å². The van der Waals surface area contributed by atoms with Crippen molar-refractivity contribution < 1.29 is 23.0 Å². The predicted molar refractivity (Wildman–Crippen MR) is 132 cm³/mol. The second-order valence-corrected chi connectivity index (χ2v) is 8.52. The van der Waals surface area contributed by atoms with Gasteiger partial charge in [0.2, 0.25) is 0 Å². The van der Waals surface area contributed by atoms with E-state index in [9.17, 15) is 18.3 Å². The molecule has 1 N–H and O–H groups in total. The van der Waals surface area contributed by atoms with Gasteiger partial charge < -0.3 is 14.7 Å². The second kappa shape index (κ2) is 10.9. The molecule has 0 radical (unpaired) electrons. The van der Waals surface area contributed by atoms with Gasteiger partial charge in [-0.15, -0.1) is 4.95 Å². The van der Waals surface area contributed by atoms with E-state index in [1.165, 1.54) is 6.07 Å². The first-order valence-corrected chi connectivity index (χ1v) is 11.5. The number of aliphatic hydroxyl groups is 1. The van der Waals surface area contributed by atoms with Crippen LogP contribution in [0, 0.1) is 6.57 Å². The number of alkyl halides is 3. The Kier molecular flexibility index (Phi) is 7.67. The third-order valence-electron chi connectivity index (χ3n) is 5.69. The molecule has 1 heterocycles. The van der Waals surface area contributed by atoms with Gasteiger partial charge in [-0.05, 0) is 72.6 Å². The highest BCUT2D eigenvalue weighted by atomic mass is 35.5. The summed E-state index contributed by atoms with van der Waals surface area (Å²) in [5, 5.41) is 13.9. The zero-order valence-corrected chi connectivity index (χ0v) is 19.7. The summed E-state index contributed by atoms with van der Waals surface area (Å²) in [4.78, 5) is 6.74. The number of rotatable bonds is 7. The van der Waals surface area contributed by atoms with Crippen molar-refractivity contribution in [3.8, 4) is 11.5 Å². The minimum atomic E-state index is -4.48. The predicted octanol–water partition coefficient (Wildman–Crippen LogP) is 6.59. The zero-order chi connectivity index (χ0) is 25.7. The molecule has 1 fully saturated rings. The van der Waals surface area contributed by atoms with Crippen molar-refractivity contribution in [3.05, 3.63) is 100 Å². The van der Waals surface area contributed by atoms with Crippen LogP contribution in [0.15, 0.2) is 77.9 Å². The lowest BCUT2D eigenvalue weighted by Crippen LogP contribution is -2.34. The van der Waals surface area contributed by atoms with Crippen LogP contribution in [-0.4, -0.2) is 35.7 Å². The number of ether oxygens (including phenoxy) is 1. The maximum absolute atomic E-state index is 13.4. The van der Waals surface area contributed by atoms with Gasteiger partial charge in [0, 0.05) is 30.4 Å². The van der Waals surface area contributed by atoms with Crippen LogP contribution in [-0.2, 0) is 6.18 Å². The minimum Gasteiger partial charge on any atom is -0.457 e. The van der Waals surface area contributed by atoms with Crippen molar-refractivity contribution in [1.82, 2.24) is 4.90 Å². The molecular formula is C26H22ClF3N4O2. The number of aliphatic hydroxyl groups excluding tert-OH is 1. The van der Waals surface area contributed by atoms with Gasteiger partial charge in [0.1, 0.15) is 16.6 Å². The molecule has 1 aliphatic heterocycles. The summed E-state index contributed by atoms with van der Waals surface area (Å²) >= 11 is 5.92. The topological polar surface area (TPSA) is 52.7 Å². The number of halogens is 4. The van der Waals surface area contributed by atoms with Crippen molar-refractivity contribution >= 4 is 23.2 Å². The third-order valence-corrected chi connectivity index (χ3v) is 5.94. The Morgan fingerprint density at radius 3 is 2.33 bits per heavy atom. The Morgan fingerprint density at radius 2 is 1.72 bits per heavy atom. The fraction of sp³-hybridized carbons (Fsp3) is 0.231. The molecule has 1 saturated heterocycles. The molecule has 0 unspecified atom stereocenters. The highest BCUT2D eigenvalue weighted by Crippen LogP contribution is 2.38. The molecule has 36 heavy (non-hydrogen) atoms. The Morgan fingerprint density at radius 1 is 1.06 bits per heavy atom. The Labute approximate surface area is 211 Å². The molecule has 0 bridgehead atoms. The fourth-order valence-corrected chi connectivity index (χ4v) is 4.18. The van der Waals surface area contributed by atoms with Crippen LogP contribution < -0.4 is 9.64 Å². The molecule has 6 nitrogen and oxygen atoms in total. The van der Waals surface area contributed by atoms with Crippen molar-refractivity contribution in [2.75, 3.05) is 24.6 Å². The van der Waals surface area contributed by atoms with E-state index >= 15 is 0 Å². The molecule has 0 spiro atoms. The maximum atomic E-state index is 13.4. The first-order chi connectivity index (χ1) is 17.3. The molecular weight excluding hydrogens is 493 g/mol. The monoisotopic (exact) mass is 514 g/mol. The van der Waals surface area contributed by atoms with E-state index in [2.05, 4.69) is 10.1 Å². The molecule has 3 aromatic carbocycles. The Balaban J connectivity index is 1.70. The molecule has 1 atom stereocenters. The summed E-state index contributed by atoms with van der Waals surface area (Å²) in [5.74, 6) is 1.46. The molecule has 0 saturated carbocycles. The summed E-state index contributed by atoms with van der Waals surface area (Å²) < 4.78 is 46.1. The van der Waals surface area contributed by atoms with Crippen LogP contribution in [0.4, 0.5) is 18.9 Å². The molecule has 0 aliphatic carbocycles. The highest BCUT2D eigenvalue weighted by Gasteiger charge is 2.40. The molecule has 186 valence electrons. The van der Waals surface area contributed by atoms with E-state index in [1.54, 1.807) is 64.4 Å². The average Bonchev–Trinajstić information content (AvgIpc) is 3.22.